The fourth-order valence-corrected chi connectivity index (χ4v) is 0.352. The Kier molecular flexibility index (Phi) is 2.95. The molecule has 3 nitrogen and oxygen atoms in total. The van der Waals surface area contributed by atoms with Crippen molar-refractivity contribution in [3.8, 4) is 0 Å². The molecule has 4 heteroatoms. The van der Waals surface area contributed by atoms with Crippen LogP contribution in [-0.4, -0.2) is 12.0 Å². The summed E-state index contributed by atoms with van der Waals surface area (Å²) in [6, 6.07) is 0. The van der Waals surface area contributed by atoms with Gasteiger partial charge in [0, 0.05) is 13.1 Å². The Balaban J connectivity index is 3.75. The van der Waals surface area contributed by atoms with E-state index in [4.69, 9.17) is 11.5 Å². The number of hydrogen-bond acceptors (Lipinski definition) is 3. The van der Waals surface area contributed by atoms with Gasteiger partial charge in [0.2, 0.25) is 0 Å². The van der Waals surface area contributed by atoms with Crippen molar-refractivity contribution < 1.29 is 0 Å². The minimum absolute atomic E-state index is 0.289. The number of nitrogens with one attached hydrogen (secondary N) is 1. The van der Waals surface area contributed by atoms with Gasteiger partial charge in [0.05, 0.1) is 10.8 Å². The maximum absolute atomic E-state index is 5.26. The van der Waals surface area contributed by atoms with Gasteiger partial charge in [-0.2, -0.15) is 0 Å². The molecule has 0 radical (unpaired) electrons. The Hall–Kier alpha value is -0.770. The third kappa shape index (κ3) is 3.42. The first kappa shape index (κ1) is 7.23. The summed E-state index contributed by atoms with van der Waals surface area (Å²) in [6.45, 7) is 0. The number of nitrogens with two attached hydrogens (primary N) is 2. The topological polar surface area (TPSA) is 64.1 Å². The summed E-state index contributed by atoms with van der Waals surface area (Å²) in [4.78, 5) is 0.289. The lowest BCUT2D eigenvalue weighted by Crippen LogP contribution is -2.18. The van der Waals surface area contributed by atoms with Crippen molar-refractivity contribution >= 4 is 17.2 Å². The van der Waals surface area contributed by atoms with Crippen molar-refractivity contribution in [2.24, 2.45) is 11.5 Å². The average Bonchev–Trinajstić information content (AvgIpc) is 1.65. The van der Waals surface area contributed by atoms with E-state index in [0.717, 1.165) is 0 Å². The zero-order chi connectivity index (χ0) is 6.57. The second kappa shape index (κ2) is 3.26. The molecule has 0 aromatic rings. The second-order valence-electron chi connectivity index (χ2n) is 1.25. The predicted molar refractivity (Wildman–Crippen MR) is 38.1 cm³/mol. The minimum atomic E-state index is 0.289. The molecule has 46 valence electrons. The third-order valence-electron chi connectivity index (χ3n) is 0.586. The zero-order valence-electron chi connectivity index (χ0n) is 4.64. The molecule has 0 aromatic heterocycles. The van der Waals surface area contributed by atoms with E-state index in [1.807, 2.05) is 0 Å². The highest BCUT2D eigenvalue weighted by Gasteiger charge is 1.81. The maximum Gasteiger partial charge on any atom is 0.0998 e. The molecular formula is C4H9N3S. The van der Waals surface area contributed by atoms with Gasteiger partial charge in [0.25, 0.3) is 0 Å². The summed E-state index contributed by atoms with van der Waals surface area (Å²) in [5, 5.41) is 2.67. The lowest BCUT2D eigenvalue weighted by Gasteiger charge is -1.95. The van der Waals surface area contributed by atoms with Crippen molar-refractivity contribution in [1.82, 2.24) is 5.32 Å². The molecule has 0 saturated carbocycles. The van der Waals surface area contributed by atoms with Gasteiger partial charge in [0.1, 0.15) is 0 Å². The predicted octanol–water partition coefficient (Wildman–Crippen LogP) is -0.708. The lowest BCUT2D eigenvalue weighted by molar-refractivity contribution is 0.968. The van der Waals surface area contributed by atoms with Crippen LogP contribution in [0, 0.1) is 0 Å². The van der Waals surface area contributed by atoms with Crippen LogP contribution >= 0.6 is 12.2 Å². The van der Waals surface area contributed by atoms with Crippen LogP contribution in [0.3, 0.4) is 0 Å². The molecule has 0 aromatic carbocycles. The van der Waals surface area contributed by atoms with Gasteiger partial charge in [-0.3, -0.25) is 0 Å². The van der Waals surface area contributed by atoms with E-state index < -0.39 is 0 Å². The molecule has 0 aliphatic rings. The van der Waals surface area contributed by atoms with E-state index in [2.05, 4.69) is 17.5 Å². The molecule has 0 unspecified atom stereocenters. The SMILES string of the molecule is CN/C(N)=C\C(N)=S. The molecule has 0 amide bonds. The highest BCUT2D eigenvalue weighted by Crippen LogP contribution is 1.73. The van der Waals surface area contributed by atoms with Gasteiger partial charge < -0.3 is 16.8 Å². The third-order valence-corrected chi connectivity index (χ3v) is 0.704. The van der Waals surface area contributed by atoms with Crippen LogP contribution in [0.5, 0.6) is 0 Å². The summed E-state index contributed by atoms with van der Waals surface area (Å²) in [6.07, 6.45) is 1.48. The van der Waals surface area contributed by atoms with Crippen LogP contribution in [-0.2, 0) is 0 Å². The Morgan fingerprint density at radius 2 is 2.12 bits per heavy atom. The first-order valence-corrected chi connectivity index (χ1v) is 2.52. The van der Waals surface area contributed by atoms with Crippen LogP contribution in [0.4, 0.5) is 0 Å². The summed E-state index contributed by atoms with van der Waals surface area (Å²) in [7, 11) is 1.70. The quantitative estimate of drug-likeness (QED) is 0.342. The zero-order valence-corrected chi connectivity index (χ0v) is 5.46. The van der Waals surface area contributed by atoms with Crippen molar-refractivity contribution in [2.75, 3.05) is 7.05 Å². The van der Waals surface area contributed by atoms with Crippen molar-refractivity contribution in [3.05, 3.63) is 11.9 Å². The van der Waals surface area contributed by atoms with Gasteiger partial charge in [-0.15, -0.1) is 0 Å². The molecule has 5 N–H and O–H groups in total. The average molecular weight is 131 g/mol. The van der Waals surface area contributed by atoms with Crippen molar-refractivity contribution in [3.63, 3.8) is 0 Å². The molecule has 0 heterocycles. The molecule has 8 heavy (non-hydrogen) atoms. The van der Waals surface area contributed by atoms with Crippen LogP contribution in [0.15, 0.2) is 11.9 Å². The fraction of sp³-hybridized carbons (Fsp3) is 0.250. The molecule has 0 atom stereocenters. The smallest absolute Gasteiger partial charge is 0.0998 e. The highest BCUT2D eigenvalue weighted by molar-refractivity contribution is 7.80. The number of hydrogen-bond donors (Lipinski definition) is 3. The van der Waals surface area contributed by atoms with Crippen LogP contribution in [0.25, 0.3) is 0 Å². The first-order chi connectivity index (χ1) is 3.66. The Morgan fingerprint density at radius 1 is 1.62 bits per heavy atom. The summed E-state index contributed by atoms with van der Waals surface area (Å²) < 4.78 is 0. The minimum Gasteiger partial charge on any atom is -0.390 e. The second-order valence-corrected chi connectivity index (χ2v) is 1.72. The van der Waals surface area contributed by atoms with E-state index in [-0.39, 0.29) is 4.99 Å². The van der Waals surface area contributed by atoms with Gasteiger partial charge in [-0.25, -0.2) is 0 Å². The van der Waals surface area contributed by atoms with E-state index in [1.54, 1.807) is 7.05 Å². The van der Waals surface area contributed by atoms with Gasteiger partial charge in [-0.1, -0.05) is 12.2 Å². The number of thiocarbonyl (C=S) groups is 1. The van der Waals surface area contributed by atoms with Gasteiger partial charge >= 0.3 is 0 Å². The molecular weight excluding hydrogens is 122 g/mol. The lowest BCUT2D eigenvalue weighted by atomic mass is 10.5. The van der Waals surface area contributed by atoms with E-state index >= 15 is 0 Å². The fourth-order valence-electron chi connectivity index (χ4n) is 0.225. The monoisotopic (exact) mass is 131 g/mol. The standard InChI is InChI=1S/C4H9N3S/c1-7-3(5)2-4(6)8/h2,7H,5H2,1H3,(H2,6,8)/b3-2-. The molecule has 0 spiro atoms. The summed E-state index contributed by atoms with van der Waals surface area (Å²) in [5.41, 5.74) is 10.4. The van der Waals surface area contributed by atoms with Crippen LogP contribution in [0.2, 0.25) is 0 Å². The van der Waals surface area contributed by atoms with E-state index in [0.29, 0.717) is 5.82 Å². The molecule has 0 fully saturated rings. The van der Waals surface area contributed by atoms with Crippen molar-refractivity contribution in [2.45, 2.75) is 0 Å². The molecule has 0 rings (SSSR count). The molecule has 0 bridgehead atoms. The molecule has 0 saturated heterocycles. The van der Waals surface area contributed by atoms with Crippen molar-refractivity contribution in [1.29, 1.82) is 0 Å². The molecule has 0 aliphatic carbocycles. The van der Waals surface area contributed by atoms with E-state index in [1.165, 1.54) is 6.08 Å². The number of rotatable bonds is 2. The normalized spacial score (nSPS) is 10.9. The van der Waals surface area contributed by atoms with Gasteiger partial charge in [0.15, 0.2) is 0 Å². The Morgan fingerprint density at radius 3 is 2.25 bits per heavy atom. The summed E-state index contributed by atoms with van der Waals surface area (Å²) >= 11 is 4.52. The summed E-state index contributed by atoms with van der Waals surface area (Å²) in [5.74, 6) is 0.484. The first-order valence-electron chi connectivity index (χ1n) is 2.11. The van der Waals surface area contributed by atoms with Crippen LogP contribution in [0.1, 0.15) is 0 Å². The highest BCUT2D eigenvalue weighted by atomic mass is 32.1. The Labute approximate surface area is 53.7 Å². The van der Waals surface area contributed by atoms with Crippen LogP contribution < -0.4 is 16.8 Å². The largest absolute Gasteiger partial charge is 0.390 e. The van der Waals surface area contributed by atoms with Gasteiger partial charge in [-0.05, 0) is 0 Å². The Bertz CT molecular complexity index is 118. The molecule has 0 aliphatic heterocycles. The maximum atomic E-state index is 5.26. The van der Waals surface area contributed by atoms with E-state index in [9.17, 15) is 0 Å².